The molecule has 2 unspecified atom stereocenters. The zero-order chi connectivity index (χ0) is 14.4. The third-order valence-corrected chi connectivity index (χ3v) is 4.47. The van der Waals surface area contributed by atoms with Crippen LogP contribution in [0.1, 0.15) is 57.6 Å². The van der Waals surface area contributed by atoms with Crippen molar-refractivity contribution in [2.75, 3.05) is 6.54 Å². The van der Waals surface area contributed by atoms with Gasteiger partial charge in [0, 0.05) is 6.54 Å². The maximum absolute atomic E-state index is 3.65. The lowest BCUT2D eigenvalue weighted by Crippen LogP contribution is -2.26. The Labute approximate surface area is 125 Å². The van der Waals surface area contributed by atoms with Crippen molar-refractivity contribution in [2.24, 2.45) is 17.8 Å². The van der Waals surface area contributed by atoms with Crippen LogP contribution in [-0.2, 0) is 13.0 Å². The molecule has 1 aliphatic carbocycles. The smallest absolute Gasteiger partial charge is 0.0205 e. The number of nitrogens with one attached hydrogen (secondary N) is 1. The van der Waals surface area contributed by atoms with Crippen LogP contribution in [-0.4, -0.2) is 6.54 Å². The van der Waals surface area contributed by atoms with E-state index in [0.29, 0.717) is 0 Å². The number of hydrogen-bond acceptors (Lipinski definition) is 1. The minimum atomic E-state index is 0.743. The molecule has 1 heteroatoms. The average Bonchev–Trinajstić information content (AvgIpc) is 2.40. The third-order valence-electron chi connectivity index (χ3n) is 4.47. The van der Waals surface area contributed by atoms with Gasteiger partial charge in [-0.3, -0.25) is 0 Å². The second-order valence-electron chi connectivity index (χ2n) is 7.18. The normalized spacial score (nSPS) is 23.2. The van der Waals surface area contributed by atoms with E-state index < -0.39 is 0 Å². The molecule has 0 aromatic heterocycles. The van der Waals surface area contributed by atoms with Crippen LogP contribution in [0.25, 0.3) is 0 Å². The molecule has 112 valence electrons. The van der Waals surface area contributed by atoms with E-state index in [1.165, 1.54) is 49.8 Å². The topological polar surface area (TPSA) is 12.0 Å². The van der Waals surface area contributed by atoms with Crippen LogP contribution in [0.15, 0.2) is 24.3 Å². The highest BCUT2D eigenvalue weighted by Gasteiger charge is 2.18. The van der Waals surface area contributed by atoms with Gasteiger partial charge in [0.2, 0.25) is 0 Å². The quantitative estimate of drug-likeness (QED) is 0.785. The molecule has 20 heavy (non-hydrogen) atoms. The first-order valence-corrected chi connectivity index (χ1v) is 8.42. The predicted octanol–water partition coefficient (Wildman–Crippen LogP) is 4.80. The molecule has 0 bridgehead atoms. The summed E-state index contributed by atoms with van der Waals surface area (Å²) in [5.74, 6) is 2.58. The fourth-order valence-corrected chi connectivity index (χ4v) is 3.43. The van der Waals surface area contributed by atoms with Crippen molar-refractivity contribution in [1.82, 2.24) is 5.32 Å². The van der Waals surface area contributed by atoms with Gasteiger partial charge in [-0.1, -0.05) is 57.9 Å². The molecule has 2 rings (SSSR count). The summed E-state index contributed by atoms with van der Waals surface area (Å²) in [6.45, 7) is 9.17. The molecule has 0 spiro atoms. The molecular weight excluding hydrogens is 242 g/mol. The lowest BCUT2D eigenvalue weighted by molar-refractivity contribution is 0.274. The van der Waals surface area contributed by atoms with Gasteiger partial charge in [-0.05, 0) is 54.7 Å². The van der Waals surface area contributed by atoms with Crippen LogP contribution in [0.3, 0.4) is 0 Å². The largest absolute Gasteiger partial charge is 0.312 e. The van der Waals surface area contributed by atoms with E-state index in [-0.39, 0.29) is 0 Å². The minimum Gasteiger partial charge on any atom is -0.312 e. The van der Waals surface area contributed by atoms with Crippen LogP contribution in [0, 0.1) is 17.8 Å². The lowest BCUT2D eigenvalue weighted by Gasteiger charge is -2.26. The molecule has 1 N–H and O–H groups in total. The van der Waals surface area contributed by atoms with Crippen molar-refractivity contribution in [2.45, 2.75) is 59.4 Å². The first kappa shape index (κ1) is 15.6. The summed E-state index contributed by atoms with van der Waals surface area (Å²) in [6.07, 6.45) is 6.89. The highest BCUT2D eigenvalue weighted by Crippen LogP contribution is 2.27. The molecule has 0 amide bonds. The van der Waals surface area contributed by atoms with Crippen molar-refractivity contribution in [1.29, 1.82) is 0 Å². The van der Waals surface area contributed by atoms with E-state index >= 15 is 0 Å². The Morgan fingerprint density at radius 1 is 1.10 bits per heavy atom. The average molecular weight is 273 g/mol. The Morgan fingerprint density at radius 2 is 1.80 bits per heavy atom. The Balaban J connectivity index is 1.71. The minimum absolute atomic E-state index is 0.743. The molecule has 0 saturated heterocycles. The van der Waals surface area contributed by atoms with Crippen LogP contribution in [0.5, 0.6) is 0 Å². The van der Waals surface area contributed by atoms with Gasteiger partial charge in [-0.15, -0.1) is 0 Å². The number of benzene rings is 1. The molecule has 2 atom stereocenters. The van der Waals surface area contributed by atoms with E-state index in [2.05, 4.69) is 50.4 Å². The summed E-state index contributed by atoms with van der Waals surface area (Å²) in [6, 6.07) is 9.15. The summed E-state index contributed by atoms with van der Waals surface area (Å²) < 4.78 is 0. The van der Waals surface area contributed by atoms with E-state index in [1.54, 1.807) is 0 Å². The van der Waals surface area contributed by atoms with Gasteiger partial charge in [0.25, 0.3) is 0 Å². The van der Waals surface area contributed by atoms with E-state index in [4.69, 9.17) is 0 Å². The standard InChI is InChI=1S/C19H31N/c1-15(2)11-17-7-9-18(10-8-17)13-20-14-19-6-4-5-16(3)12-19/h7-10,15-16,19-20H,4-6,11-14H2,1-3H3. The van der Waals surface area contributed by atoms with Gasteiger partial charge < -0.3 is 5.32 Å². The Morgan fingerprint density at radius 3 is 2.45 bits per heavy atom. The first-order chi connectivity index (χ1) is 9.63. The number of hydrogen-bond donors (Lipinski definition) is 1. The molecule has 1 fully saturated rings. The van der Waals surface area contributed by atoms with E-state index in [1.807, 2.05) is 0 Å². The number of rotatable bonds is 6. The Hall–Kier alpha value is -0.820. The monoisotopic (exact) mass is 273 g/mol. The molecular formula is C19H31N. The van der Waals surface area contributed by atoms with Crippen molar-refractivity contribution in [3.8, 4) is 0 Å². The van der Waals surface area contributed by atoms with Crippen LogP contribution in [0.2, 0.25) is 0 Å². The summed E-state index contributed by atoms with van der Waals surface area (Å²) in [5.41, 5.74) is 2.88. The van der Waals surface area contributed by atoms with Crippen molar-refractivity contribution < 1.29 is 0 Å². The Kier molecular flexibility index (Phi) is 6.09. The first-order valence-electron chi connectivity index (χ1n) is 8.42. The maximum Gasteiger partial charge on any atom is 0.0205 e. The van der Waals surface area contributed by atoms with Crippen LogP contribution < -0.4 is 5.32 Å². The zero-order valence-corrected chi connectivity index (χ0v) is 13.5. The highest BCUT2D eigenvalue weighted by molar-refractivity contribution is 5.22. The van der Waals surface area contributed by atoms with E-state index in [0.717, 1.165) is 24.3 Å². The van der Waals surface area contributed by atoms with Gasteiger partial charge in [0.15, 0.2) is 0 Å². The van der Waals surface area contributed by atoms with Crippen molar-refractivity contribution in [3.05, 3.63) is 35.4 Å². The van der Waals surface area contributed by atoms with Crippen LogP contribution in [0.4, 0.5) is 0 Å². The third kappa shape index (κ3) is 5.28. The molecule has 0 heterocycles. The fourth-order valence-electron chi connectivity index (χ4n) is 3.43. The molecule has 1 saturated carbocycles. The summed E-state index contributed by atoms with van der Waals surface area (Å²) in [4.78, 5) is 0. The predicted molar refractivity (Wildman–Crippen MR) is 87.8 cm³/mol. The zero-order valence-electron chi connectivity index (χ0n) is 13.5. The summed E-state index contributed by atoms with van der Waals surface area (Å²) in [5, 5.41) is 3.65. The molecule has 1 aromatic carbocycles. The second-order valence-corrected chi connectivity index (χ2v) is 7.18. The van der Waals surface area contributed by atoms with Gasteiger partial charge >= 0.3 is 0 Å². The molecule has 1 nitrogen and oxygen atoms in total. The molecule has 0 radical (unpaired) electrons. The fraction of sp³-hybridized carbons (Fsp3) is 0.684. The van der Waals surface area contributed by atoms with Crippen molar-refractivity contribution >= 4 is 0 Å². The summed E-state index contributed by atoms with van der Waals surface area (Å²) >= 11 is 0. The van der Waals surface area contributed by atoms with Gasteiger partial charge in [0.05, 0.1) is 0 Å². The molecule has 0 aliphatic heterocycles. The highest BCUT2D eigenvalue weighted by atomic mass is 14.9. The second kappa shape index (κ2) is 7.83. The van der Waals surface area contributed by atoms with Crippen molar-refractivity contribution in [3.63, 3.8) is 0 Å². The summed E-state index contributed by atoms with van der Waals surface area (Å²) in [7, 11) is 0. The Bertz CT molecular complexity index is 379. The maximum atomic E-state index is 3.65. The lowest BCUT2D eigenvalue weighted by atomic mass is 9.82. The van der Waals surface area contributed by atoms with Gasteiger partial charge in [-0.2, -0.15) is 0 Å². The van der Waals surface area contributed by atoms with Crippen LogP contribution >= 0.6 is 0 Å². The molecule has 1 aromatic rings. The van der Waals surface area contributed by atoms with E-state index in [9.17, 15) is 0 Å². The molecule has 1 aliphatic rings. The van der Waals surface area contributed by atoms with Gasteiger partial charge in [0.1, 0.15) is 0 Å². The van der Waals surface area contributed by atoms with Gasteiger partial charge in [-0.25, -0.2) is 0 Å². The SMILES string of the molecule is CC(C)Cc1ccc(CNCC2CCCC(C)C2)cc1.